The number of carbonyl (C=O) groups is 2. The van der Waals surface area contributed by atoms with Gasteiger partial charge in [-0.15, -0.1) is 0 Å². The fourth-order valence-corrected chi connectivity index (χ4v) is 3.91. The summed E-state index contributed by atoms with van der Waals surface area (Å²) >= 11 is 0. The molecule has 0 aliphatic heterocycles. The van der Waals surface area contributed by atoms with Crippen molar-refractivity contribution >= 4 is 33.2 Å². The Morgan fingerprint density at radius 1 is 1.10 bits per heavy atom. The topological polar surface area (TPSA) is 156 Å². The number of methoxy groups -OCH3 is 1. The summed E-state index contributed by atoms with van der Waals surface area (Å²) in [6.07, 6.45) is 0. The van der Waals surface area contributed by atoms with Gasteiger partial charge in [0.05, 0.1) is 23.4 Å². The summed E-state index contributed by atoms with van der Waals surface area (Å²) in [6, 6.07) is 10.5. The molecule has 0 saturated heterocycles. The van der Waals surface area contributed by atoms with Crippen molar-refractivity contribution in [1.82, 2.24) is 10.2 Å². The van der Waals surface area contributed by atoms with Crippen LogP contribution in [0.1, 0.15) is 32.1 Å². The summed E-state index contributed by atoms with van der Waals surface area (Å²) in [6.45, 7) is 3.28. The van der Waals surface area contributed by atoms with E-state index in [1.165, 1.54) is 25.3 Å². The van der Waals surface area contributed by atoms with Crippen molar-refractivity contribution in [1.29, 1.82) is 0 Å². The maximum Gasteiger partial charge on any atom is 0.271 e. The molecule has 0 fully saturated rings. The number of nitrogens with zero attached hydrogens (tertiary/aromatic N) is 1. The molecule has 5 N–H and O–H groups in total. The van der Waals surface area contributed by atoms with Gasteiger partial charge in [0.1, 0.15) is 5.75 Å². The third kappa shape index (κ3) is 4.67. The standard InChI is InChI=1S/C20H21N5O5S/c1-11-4-9-15(31(28,29)25-13-5-7-14(30-3)8-6-13)10-16(11)20(27)22-17-12(2)23-24-18(17)19(21)26/h4-10,25H,1-3H3,(H2,21,26)(H,22,27)(H,23,24). The lowest BCUT2D eigenvalue weighted by Gasteiger charge is -2.12. The van der Waals surface area contributed by atoms with Gasteiger partial charge in [0.2, 0.25) is 0 Å². The van der Waals surface area contributed by atoms with Gasteiger partial charge in [-0.25, -0.2) is 8.42 Å². The number of carbonyl (C=O) groups excluding carboxylic acids is 2. The first-order chi connectivity index (χ1) is 14.6. The van der Waals surface area contributed by atoms with Crippen molar-refractivity contribution in [3.05, 3.63) is 65.0 Å². The number of nitrogens with one attached hydrogen (secondary N) is 3. The number of ether oxygens (including phenoxy) is 1. The number of sulfonamides is 1. The highest BCUT2D eigenvalue weighted by atomic mass is 32.2. The molecule has 162 valence electrons. The van der Waals surface area contributed by atoms with Gasteiger partial charge in [-0.1, -0.05) is 6.07 Å². The van der Waals surface area contributed by atoms with Gasteiger partial charge in [0.25, 0.3) is 21.8 Å². The summed E-state index contributed by atoms with van der Waals surface area (Å²) in [4.78, 5) is 24.2. The van der Waals surface area contributed by atoms with Crippen molar-refractivity contribution in [3.8, 4) is 5.75 Å². The van der Waals surface area contributed by atoms with E-state index in [-0.39, 0.29) is 21.8 Å². The van der Waals surface area contributed by atoms with Crippen LogP contribution >= 0.6 is 0 Å². The van der Waals surface area contributed by atoms with Gasteiger partial charge in [-0.3, -0.25) is 19.4 Å². The van der Waals surface area contributed by atoms with E-state index in [2.05, 4.69) is 20.2 Å². The number of rotatable bonds is 7. The van der Waals surface area contributed by atoms with E-state index < -0.39 is 21.8 Å². The molecular weight excluding hydrogens is 422 g/mol. The summed E-state index contributed by atoms with van der Waals surface area (Å²) in [7, 11) is -2.45. The SMILES string of the molecule is COc1ccc(NS(=O)(=O)c2ccc(C)c(C(=O)Nc3c(C(N)=O)n[nH]c3C)c2)cc1. The molecule has 0 unspecified atom stereocenters. The minimum atomic E-state index is -3.96. The van der Waals surface area contributed by atoms with Crippen LogP contribution in [-0.2, 0) is 10.0 Å². The van der Waals surface area contributed by atoms with Crippen molar-refractivity contribution in [2.24, 2.45) is 5.73 Å². The molecule has 2 amide bonds. The lowest BCUT2D eigenvalue weighted by molar-refractivity contribution is 0.0996. The number of primary amides is 1. The van der Waals surface area contributed by atoms with E-state index in [4.69, 9.17) is 10.5 Å². The molecular formula is C20H21N5O5S. The Bertz CT molecular complexity index is 1250. The fourth-order valence-electron chi connectivity index (χ4n) is 2.83. The zero-order valence-electron chi connectivity index (χ0n) is 17.0. The average molecular weight is 443 g/mol. The maximum absolute atomic E-state index is 12.8. The van der Waals surface area contributed by atoms with Gasteiger partial charge >= 0.3 is 0 Å². The Morgan fingerprint density at radius 3 is 2.39 bits per heavy atom. The summed E-state index contributed by atoms with van der Waals surface area (Å²) in [5, 5.41) is 8.93. The number of anilines is 2. The third-order valence-corrected chi connectivity index (χ3v) is 5.90. The van der Waals surface area contributed by atoms with E-state index >= 15 is 0 Å². The second kappa shape index (κ2) is 8.48. The molecule has 0 aliphatic rings. The smallest absolute Gasteiger partial charge is 0.271 e. The number of aryl methyl sites for hydroxylation is 2. The molecule has 1 heterocycles. The fraction of sp³-hybridized carbons (Fsp3) is 0.150. The minimum Gasteiger partial charge on any atom is -0.497 e. The number of aromatic nitrogens is 2. The van der Waals surface area contributed by atoms with Crippen LogP contribution in [0.25, 0.3) is 0 Å². The number of amides is 2. The molecule has 0 atom stereocenters. The van der Waals surface area contributed by atoms with Crippen molar-refractivity contribution in [2.45, 2.75) is 18.7 Å². The zero-order chi connectivity index (χ0) is 22.8. The van der Waals surface area contributed by atoms with Crippen LogP contribution < -0.4 is 20.5 Å². The van der Waals surface area contributed by atoms with Gasteiger partial charge in [0, 0.05) is 11.3 Å². The Hall–Kier alpha value is -3.86. The Kier molecular flexibility index (Phi) is 5.97. The van der Waals surface area contributed by atoms with E-state index in [0.717, 1.165) is 0 Å². The maximum atomic E-state index is 12.8. The lowest BCUT2D eigenvalue weighted by atomic mass is 10.1. The van der Waals surface area contributed by atoms with Crippen molar-refractivity contribution in [3.63, 3.8) is 0 Å². The zero-order valence-corrected chi connectivity index (χ0v) is 17.8. The summed E-state index contributed by atoms with van der Waals surface area (Å²) in [5.41, 5.74) is 6.74. The van der Waals surface area contributed by atoms with E-state index in [1.54, 1.807) is 38.1 Å². The highest BCUT2D eigenvalue weighted by Crippen LogP contribution is 2.23. The largest absolute Gasteiger partial charge is 0.497 e. The molecule has 0 radical (unpaired) electrons. The van der Waals surface area contributed by atoms with Gasteiger partial charge < -0.3 is 15.8 Å². The van der Waals surface area contributed by atoms with Crippen LogP contribution in [-0.4, -0.2) is 37.5 Å². The summed E-state index contributed by atoms with van der Waals surface area (Å²) in [5.74, 6) is -0.829. The Labute approximate surface area is 178 Å². The van der Waals surface area contributed by atoms with Crippen LogP contribution in [0.15, 0.2) is 47.4 Å². The number of hydrogen-bond acceptors (Lipinski definition) is 6. The van der Waals surface area contributed by atoms with Crippen molar-refractivity contribution in [2.75, 3.05) is 17.1 Å². The first-order valence-electron chi connectivity index (χ1n) is 9.06. The molecule has 0 bridgehead atoms. The molecule has 31 heavy (non-hydrogen) atoms. The molecule has 10 nitrogen and oxygen atoms in total. The lowest BCUT2D eigenvalue weighted by Crippen LogP contribution is -2.20. The van der Waals surface area contributed by atoms with Gasteiger partial charge in [-0.2, -0.15) is 5.10 Å². The van der Waals surface area contributed by atoms with Crippen molar-refractivity contribution < 1.29 is 22.7 Å². The second-order valence-electron chi connectivity index (χ2n) is 6.70. The number of aromatic amines is 1. The van der Waals surface area contributed by atoms with Gasteiger partial charge in [0.15, 0.2) is 5.69 Å². The number of H-pyrrole nitrogens is 1. The molecule has 3 rings (SSSR count). The van der Waals surface area contributed by atoms with Crippen LogP contribution in [0.2, 0.25) is 0 Å². The van der Waals surface area contributed by atoms with E-state index in [0.29, 0.717) is 22.7 Å². The minimum absolute atomic E-state index is 0.0990. The Morgan fingerprint density at radius 2 is 1.77 bits per heavy atom. The molecule has 0 saturated carbocycles. The monoisotopic (exact) mass is 443 g/mol. The number of nitrogens with two attached hydrogens (primary N) is 1. The highest BCUT2D eigenvalue weighted by molar-refractivity contribution is 7.92. The Balaban J connectivity index is 1.89. The predicted octanol–water partition coefficient (Wildman–Crippen LogP) is 2.19. The first kappa shape index (κ1) is 21.8. The van der Waals surface area contributed by atoms with E-state index in [9.17, 15) is 18.0 Å². The van der Waals surface area contributed by atoms with Crippen LogP contribution in [0.4, 0.5) is 11.4 Å². The predicted molar refractivity (Wildman–Crippen MR) is 115 cm³/mol. The molecule has 2 aromatic carbocycles. The third-order valence-electron chi connectivity index (χ3n) is 4.53. The van der Waals surface area contributed by atoms with Crippen LogP contribution in [0.5, 0.6) is 5.75 Å². The molecule has 0 spiro atoms. The van der Waals surface area contributed by atoms with Crippen LogP contribution in [0, 0.1) is 13.8 Å². The normalized spacial score (nSPS) is 11.1. The van der Waals surface area contributed by atoms with Gasteiger partial charge in [-0.05, 0) is 55.8 Å². The molecule has 0 aliphatic carbocycles. The highest BCUT2D eigenvalue weighted by Gasteiger charge is 2.21. The number of hydrogen-bond donors (Lipinski definition) is 4. The quantitative estimate of drug-likeness (QED) is 0.438. The average Bonchev–Trinajstić information content (AvgIpc) is 3.09. The molecule has 3 aromatic rings. The van der Waals surface area contributed by atoms with E-state index in [1.807, 2.05) is 0 Å². The van der Waals surface area contributed by atoms with Crippen LogP contribution in [0.3, 0.4) is 0 Å². The first-order valence-corrected chi connectivity index (χ1v) is 10.5. The second-order valence-corrected chi connectivity index (χ2v) is 8.38. The molecule has 1 aromatic heterocycles. The summed E-state index contributed by atoms with van der Waals surface area (Å²) < 4.78 is 33.1. The molecule has 11 heteroatoms. The number of benzene rings is 2.